The standard InChI is InChI=1S/C12H11ClF5NO2/c1-19(3-5(13)4-21-2)12(20)6-7(14)9(16)11(18)10(17)8(6)15/h5H,3-4H2,1-2H3. The van der Waals surface area contributed by atoms with Crippen molar-refractivity contribution in [2.45, 2.75) is 5.38 Å². The van der Waals surface area contributed by atoms with E-state index in [2.05, 4.69) is 0 Å². The quantitative estimate of drug-likeness (QED) is 0.359. The number of ether oxygens (including phenoxy) is 1. The van der Waals surface area contributed by atoms with Crippen LogP contribution in [-0.4, -0.2) is 43.5 Å². The van der Waals surface area contributed by atoms with Gasteiger partial charge in [-0.25, -0.2) is 22.0 Å². The molecule has 1 aromatic rings. The van der Waals surface area contributed by atoms with Gasteiger partial charge < -0.3 is 9.64 Å². The summed E-state index contributed by atoms with van der Waals surface area (Å²) in [6.07, 6.45) is 0. The summed E-state index contributed by atoms with van der Waals surface area (Å²) in [4.78, 5) is 12.6. The number of hydrogen-bond acceptors (Lipinski definition) is 2. The average molecular weight is 332 g/mol. The van der Waals surface area contributed by atoms with E-state index in [1.807, 2.05) is 0 Å². The molecule has 3 nitrogen and oxygen atoms in total. The molecule has 0 N–H and O–H groups in total. The lowest BCUT2D eigenvalue weighted by Crippen LogP contribution is -2.35. The van der Waals surface area contributed by atoms with Crippen LogP contribution in [0.4, 0.5) is 22.0 Å². The Morgan fingerprint density at radius 2 is 1.52 bits per heavy atom. The number of hydrogen-bond donors (Lipinski definition) is 0. The van der Waals surface area contributed by atoms with Crippen LogP contribution in [0.1, 0.15) is 10.4 Å². The van der Waals surface area contributed by atoms with Crippen LogP contribution in [0, 0.1) is 29.1 Å². The topological polar surface area (TPSA) is 29.5 Å². The first-order valence-corrected chi connectivity index (χ1v) is 6.05. The molecule has 0 aliphatic heterocycles. The average Bonchev–Trinajstić information content (AvgIpc) is 2.43. The summed E-state index contributed by atoms with van der Waals surface area (Å²) in [5.41, 5.74) is -1.52. The molecule has 0 fully saturated rings. The third kappa shape index (κ3) is 3.62. The van der Waals surface area contributed by atoms with E-state index in [1.165, 1.54) is 7.11 Å². The Balaban J connectivity index is 3.13. The molecule has 0 aromatic heterocycles. The fourth-order valence-corrected chi connectivity index (χ4v) is 1.93. The molecule has 1 amide bonds. The first kappa shape index (κ1) is 17.6. The number of carbonyl (C=O) groups excluding carboxylic acids is 1. The Hall–Kier alpha value is -1.41. The lowest BCUT2D eigenvalue weighted by molar-refractivity contribution is 0.0768. The second-order valence-corrected chi connectivity index (χ2v) is 4.80. The number of halogens is 6. The van der Waals surface area contributed by atoms with Crippen LogP contribution in [0.3, 0.4) is 0 Å². The van der Waals surface area contributed by atoms with Crippen molar-refractivity contribution >= 4 is 17.5 Å². The fourth-order valence-electron chi connectivity index (χ4n) is 1.60. The molecule has 0 saturated carbocycles. The molecule has 0 heterocycles. The van der Waals surface area contributed by atoms with Gasteiger partial charge in [0.1, 0.15) is 5.56 Å². The van der Waals surface area contributed by atoms with Crippen molar-refractivity contribution in [2.75, 3.05) is 27.3 Å². The predicted molar refractivity (Wildman–Crippen MR) is 64.7 cm³/mol. The van der Waals surface area contributed by atoms with Gasteiger partial charge in [0.05, 0.1) is 12.0 Å². The fraction of sp³-hybridized carbons (Fsp3) is 0.417. The molecule has 1 rings (SSSR count). The van der Waals surface area contributed by atoms with E-state index >= 15 is 0 Å². The van der Waals surface area contributed by atoms with E-state index in [4.69, 9.17) is 16.3 Å². The molecule has 0 bridgehead atoms. The van der Waals surface area contributed by atoms with E-state index in [1.54, 1.807) is 0 Å². The molecule has 0 spiro atoms. The number of amides is 1. The largest absolute Gasteiger partial charge is 0.383 e. The van der Waals surface area contributed by atoms with Gasteiger partial charge in [0.2, 0.25) is 5.82 Å². The first-order valence-electron chi connectivity index (χ1n) is 5.62. The van der Waals surface area contributed by atoms with Crippen molar-refractivity contribution in [3.63, 3.8) is 0 Å². The first-order chi connectivity index (χ1) is 9.72. The number of methoxy groups -OCH3 is 1. The highest BCUT2D eigenvalue weighted by atomic mass is 35.5. The summed E-state index contributed by atoms with van der Waals surface area (Å²) >= 11 is 5.76. The van der Waals surface area contributed by atoms with Crippen molar-refractivity contribution in [3.05, 3.63) is 34.6 Å². The lowest BCUT2D eigenvalue weighted by atomic mass is 10.1. The van der Waals surface area contributed by atoms with E-state index in [9.17, 15) is 26.7 Å². The zero-order valence-corrected chi connectivity index (χ0v) is 11.8. The highest BCUT2D eigenvalue weighted by Crippen LogP contribution is 2.24. The van der Waals surface area contributed by atoms with Crippen molar-refractivity contribution in [1.29, 1.82) is 0 Å². The van der Waals surface area contributed by atoms with Gasteiger partial charge in [-0.1, -0.05) is 0 Å². The van der Waals surface area contributed by atoms with Crippen LogP contribution in [-0.2, 0) is 4.74 Å². The van der Waals surface area contributed by atoms with Gasteiger partial charge in [-0.05, 0) is 0 Å². The maximum absolute atomic E-state index is 13.5. The van der Waals surface area contributed by atoms with Gasteiger partial charge in [0.25, 0.3) is 5.91 Å². The van der Waals surface area contributed by atoms with Crippen LogP contribution in [0.25, 0.3) is 0 Å². The third-order valence-corrected chi connectivity index (χ3v) is 2.85. The van der Waals surface area contributed by atoms with Gasteiger partial charge in [-0.3, -0.25) is 4.79 Å². The van der Waals surface area contributed by atoms with Crippen LogP contribution >= 0.6 is 11.6 Å². The smallest absolute Gasteiger partial charge is 0.259 e. The maximum Gasteiger partial charge on any atom is 0.259 e. The molecular weight excluding hydrogens is 321 g/mol. The number of benzene rings is 1. The minimum Gasteiger partial charge on any atom is -0.383 e. The molecular formula is C12H11ClF5NO2. The zero-order chi connectivity index (χ0) is 16.3. The Morgan fingerprint density at radius 1 is 1.10 bits per heavy atom. The Bertz CT molecular complexity index is 526. The van der Waals surface area contributed by atoms with Crippen molar-refractivity contribution in [1.82, 2.24) is 4.90 Å². The van der Waals surface area contributed by atoms with Gasteiger partial charge in [-0.15, -0.1) is 11.6 Å². The van der Waals surface area contributed by atoms with Gasteiger partial charge in [0, 0.05) is 20.7 Å². The van der Waals surface area contributed by atoms with Crippen LogP contribution in [0.15, 0.2) is 0 Å². The summed E-state index contributed by atoms with van der Waals surface area (Å²) in [6.45, 7) is -0.163. The second-order valence-electron chi connectivity index (χ2n) is 4.18. The summed E-state index contributed by atoms with van der Waals surface area (Å²) in [5, 5.41) is -0.704. The minimum absolute atomic E-state index is 0.0380. The van der Waals surface area contributed by atoms with Gasteiger partial charge in [0.15, 0.2) is 23.3 Å². The molecule has 1 aromatic carbocycles. The van der Waals surface area contributed by atoms with E-state index in [-0.39, 0.29) is 13.2 Å². The van der Waals surface area contributed by atoms with Gasteiger partial charge in [-0.2, -0.15) is 0 Å². The highest BCUT2D eigenvalue weighted by Gasteiger charge is 2.31. The molecule has 0 aliphatic carbocycles. The molecule has 0 aliphatic rings. The molecule has 118 valence electrons. The number of carbonyl (C=O) groups is 1. The maximum atomic E-state index is 13.5. The second kappa shape index (κ2) is 7.04. The van der Waals surface area contributed by atoms with E-state index in [0.29, 0.717) is 0 Å². The van der Waals surface area contributed by atoms with Crippen LogP contribution < -0.4 is 0 Å². The predicted octanol–water partition coefficient (Wildman–Crippen LogP) is 2.71. The van der Waals surface area contributed by atoms with Crippen molar-refractivity contribution < 1.29 is 31.5 Å². The van der Waals surface area contributed by atoms with E-state index in [0.717, 1.165) is 11.9 Å². The summed E-state index contributed by atoms with van der Waals surface area (Å²) in [6, 6.07) is 0. The number of nitrogens with zero attached hydrogens (tertiary/aromatic N) is 1. The molecule has 9 heteroatoms. The molecule has 1 atom stereocenters. The molecule has 21 heavy (non-hydrogen) atoms. The van der Waals surface area contributed by atoms with Crippen LogP contribution in [0.5, 0.6) is 0 Å². The Morgan fingerprint density at radius 3 is 1.95 bits per heavy atom. The molecule has 1 unspecified atom stereocenters. The number of rotatable bonds is 5. The molecule has 0 saturated heterocycles. The van der Waals surface area contributed by atoms with Gasteiger partial charge >= 0.3 is 0 Å². The van der Waals surface area contributed by atoms with Crippen molar-refractivity contribution in [2.24, 2.45) is 0 Å². The zero-order valence-electron chi connectivity index (χ0n) is 11.0. The summed E-state index contributed by atoms with van der Waals surface area (Å²) < 4.78 is 70.6. The Kier molecular flexibility index (Phi) is 5.91. The lowest BCUT2D eigenvalue weighted by Gasteiger charge is -2.20. The normalized spacial score (nSPS) is 12.4. The summed E-state index contributed by atoms with van der Waals surface area (Å²) in [7, 11) is 2.46. The summed E-state index contributed by atoms with van der Waals surface area (Å²) in [5.74, 6) is -12.4. The number of alkyl halides is 1. The monoisotopic (exact) mass is 331 g/mol. The molecule has 0 radical (unpaired) electrons. The minimum atomic E-state index is -2.32. The van der Waals surface area contributed by atoms with Crippen LogP contribution in [0.2, 0.25) is 0 Å². The third-order valence-electron chi connectivity index (χ3n) is 2.59. The SMILES string of the molecule is COCC(Cl)CN(C)C(=O)c1c(F)c(F)c(F)c(F)c1F. The van der Waals surface area contributed by atoms with E-state index < -0.39 is 45.9 Å². The Labute approximate surface area is 122 Å². The highest BCUT2D eigenvalue weighted by molar-refractivity contribution is 6.21. The van der Waals surface area contributed by atoms with Crippen molar-refractivity contribution in [3.8, 4) is 0 Å².